The Balaban J connectivity index is 0.000000150. The smallest absolute Gasteiger partial charge is 0.490 e. The second kappa shape index (κ2) is 16.9. The van der Waals surface area contributed by atoms with Crippen molar-refractivity contribution in [2.45, 2.75) is 61.3 Å². The molecule has 0 amide bonds. The number of fused-ring (bicyclic) bond motifs is 2. The summed E-state index contributed by atoms with van der Waals surface area (Å²) < 4.78 is 75.7. The van der Waals surface area contributed by atoms with E-state index in [-0.39, 0.29) is 23.8 Å². The molecule has 8 heterocycles. The minimum absolute atomic E-state index is 0.244. The first kappa shape index (κ1) is 44.6. The van der Waals surface area contributed by atoms with Gasteiger partial charge in [0, 0.05) is 0 Å². The summed E-state index contributed by atoms with van der Waals surface area (Å²) in [5.74, 6) is 0.488. The van der Waals surface area contributed by atoms with Crippen LogP contribution in [0.3, 0.4) is 0 Å². The Hall–Kier alpha value is -3.90. The zero-order valence-corrected chi connectivity index (χ0v) is 32.5. The summed E-state index contributed by atoms with van der Waals surface area (Å²) >= 11 is 0. The van der Waals surface area contributed by atoms with Crippen LogP contribution < -0.4 is 11.5 Å². The summed E-state index contributed by atoms with van der Waals surface area (Å²) in [7, 11) is -22.6. The van der Waals surface area contributed by atoms with E-state index in [1.165, 1.54) is 47.0 Å². The minimum Gasteiger partial charge on any atom is -0.491 e. The third-order valence-corrected chi connectivity index (χ3v) is 13.2. The molecule has 4 unspecified atom stereocenters. The van der Waals surface area contributed by atoms with Gasteiger partial charge in [0.1, 0.15) is 72.5 Å². The molecule has 31 nitrogen and oxygen atoms in total. The van der Waals surface area contributed by atoms with Crippen molar-refractivity contribution in [3.8, 4) is 0 Å². The molecular weight excluding hydrogens is 888 g/mol. The zero-order chi connectivity index (χ0) is 43.2. The van der Waals surface area contributed by atoms with Crippen molar-refractivity contribution < 1.29 is 99.9 Å². The molecule has 4 aromatic heterocycles. The number of nitrogen functional groups attached to an aromatic ring is 2. The maximum Gasteiger partial charge on any atom is 0.490 e. The summed E-state index contributed by atoms with van der Waals surface area (Å²) in [6, 6.07) is 0. The standard InChI is InChI=1S/2C12H13N5O4.H6O13P4/c2*13-10-6-11(15-3-14-10)17(4-16-6)12-8(19)7(18)9(21-12)5-1-2-20-5;1-14(2,3)11-16(7,8)13-17(9,10)12-15(4,5)6/h2*1-5,7-9,12,18-19H,(H2,13,14,15);(H,7,8)(H,9,10)(H2,1,2,3)(H2,4,5,6)/t2*5?,7-,8+,9+,12+;/m00./s1. The van der Waals surface area contributed by atoms with Gasteiger partial charge in [-0.1, -0.05) is 0 Å². The highest BCUT2D eigenvalue weighted by molar-refractivity contribution is 7.69. The average molecular weight is 920 g/mol. The van der Waals surface area contributed by atoms with E-state index in [4.69, 9.17) is 59.8 Å². The normalized spacial score (nSPS) is 30.7. The number of phosphoric acid groups is 4. The van der Waals surface area contributed by atoms with Gasteiger partial charge in [-0.15, -0.1) is 0 Å². The maximum absolute atomic E-state index is 10.7. The van der Waals surface area contributed by atoms with E-state index in [1.54, 1.807) is 12.2 Å². The lowest BCUT2D eigenvalue weighted by molar-refractivity contribution is -0.0842. The molecule has 4 aromatic rings. The van der Waals surface area contributed by atoms with Crippen molar-refractivity contribution in [2.24, 2.45) is 0 Å². The van der Waals surface area contributed by atoms with Gasteiger partial charge in [0.2, 0.25) is 0 Å². The highest BCUT2D eigenvalue weighted by Crippen LogP contribution is 2.69. The fourth-order valence-corrected chi connectivity index (χ4v) is 9.60. The molecule has 0 saturated carbocycles. The molecular formula is C24H32N10O21P4. The first-order valence-corrected chi connectivity index (χ1v) is 21.9. The SMILES string of the molecule is Nc1ncnc2c1ncn2[C@@H]1O[C@H](C2C=CO2)[C@@H](O)[C@H]1O.Nc1ncnc2c1ncn2[C@@H]1O[C@H](C2C=CO2)[C@@H](O)[C@H]1O.O=P(O)(O)OP(=O)(O)OP(=O)(O)OP(=O)(O)O. The van der Waals surface area contributed by atoms with Gasteiger partial charge in [-0.05, 0) is 12.2 Å². The van der Waals surface area contributed by atoms with Gasteiger partial charge >= 0.3 is 31.3 Å². The fraction of sp³-hybridized carbons (Fsp3) is 0.417. The largest absolute Gasteiger partial charge is 0.491 e. The van der Waals surface area contributed by atoms with Gasteiger partial charge in [0.05, 0.1) is 25.2 Å². The number of aromatic nitrogens is 8. The number of aliphatic hydroxyl groups is 4. The molecule has 12 atom stereocenters. The highest BCUT2D eigenvalue weighted by atomic mass is 31.3. The highest BCUT2D eigenvalue weighted by Gasteiger charge is 2.50. The predicted octanol–water partition coefficient (Wildman–Crippen LogP) is -2.70. The first-order valence-electron chi connectivity index (χ1n) is 15.9. The van der Waals surface area contributed by atoms with E-state index in [0.29, 0.717) is 22.3 Å². The van der Waals surface area contributed by atoms with Gasteiger partial charge in [0.15, 0.2) is 35.4 Å². The van der Waals surface area contributed by atoms with E-state index in [2.05, 4.69) is 42.8 Å². The van der Waals surface area contributed by atoms with Gasteiger partial charge in [-0.2, -0.15) is 12.9 Å². The quantitative estimate of drug-likeness (QED) is 0.0720. The van der Waals surface area contributed by atoms with Crippen LogP contribution in [0, 0.1) is 0 Å². The number of nitrogens with zero attached hydrogens (tertiary/aromatic N) is 8. The topological polar surface area (TPSA) is 474 Å². The zero-order valence-electron chi connectivity index (χ0n) is 28.9. The maximum atomic E-state index is 10.7. The molecule has 8 rings (SSSR count). The second-order valence-corrected chi connectivity index (χ2v) is 17.9. The fourth-order valence-electron chi connectivity index (χ4n) is 5.63. The molecule has 0 bridgehead atoms. The van der Waals surface area contributed by atoms with E-state index in [0.717, 1.165) is 0 Å². The molecule has 2 saturated heterocycles. The summed E-state index contributed by atoms with van der Waals surface area (Å²) in [5.41, 5.74) is 13.2. The summed E-state index contributed by atoms with van der Waals surface area (Å²) in [6.45, 7) is 0. The van der Waals surface area contributed by atoms with Crippen molar-refractivity contribution >= 4 is 65.3 Å². The molecule has 4 aliphatic rings. The molecule has 2 fully saturated rings. The number of imidazole rings is 2. The summed E-state index contributed by atoms with van der Waals surface area (Å²) in [4.78, 5) is 73.6. The Morgan fingerprint density at radius 3 is 1.22 bits per heavy atom. The van der Waals surface area contributed by atoms with Crippen LogP contribution in [0.2, 0.25) is 0 Å². The van der Waals surface area contributed by atoms with Crippen molar-refractivity contribution in [2.75, 3.05) is 11.5 Å². The van der Waals surface area contributed by atoms with Gasteiger partial charge < -0.3 is 80.2 Å². The molecule has 59 heavy (non-hydrogen) atoms. The lowest BCUT2D eigenvalue weighted by Crippen LogP contribution is -2.40. The molecule has 324 valence electrons. The van der Waals surface area contributed by atoms with Crippen molar-refractivity contribution in [1.82, 2.24) is 39.0 Å². The summed E-state index contributed by atoms with van der Waals surface area (Å²) in [5, 5.41) is 40.7. The van der Waals surface area contributed by atoms with Crippen LogP contribution in [-0.4, -0.2) is 138 Å². The molecule has 0 aliphatic carbocycles. The van der Waals surface area contributed by atoms with Crippen LogP contribution >= 0.6 is 31.3 Å². The van der Waals surface area contributed by atoms with E-state index < -0.39 is 80.4 Å². The number of anilines is 2. The van der Waals surface area contributed by atoms with Gasteiger partial charge in [-0.25, -0.2) is 48.2 Å². The van der Waals surface area contributed by atoms with Gasteiger partial charge in [0.25, 0.3) is 0 Å². The Morgan fingerprint density at radius 2 is 0.915 bits per heavy atom. The third-order valence-electron chi connectivity index (χ3n) is 8.15. The van der Waals surface area contributed by atoms with Crippen LogP contribution in [-0.2, 0) is 50.1 Å². The predicted molar refractivity (Wildman–Crippen MR) is 186 cm³/mol. The number of aliphatic hydroxyl groups excluding tert-OH is 4. The number of nitrogens with two attached hydrogens (primary N) is 2. The molecule has 35 heteroatoms. The number of hydrogen-bond acceptors (Lipinski definition) is 23. The van der Waals surface area contributed by atoms with Crippen LogP contribution in [0.15, 0.2) is 50.0 Å². The first-order chi connectivity index (χ1) is 27.5. The average Bonchev–Trinajstić information content (AvgIpc) is 3.81. The van der Waals surface area contributed by atoms with E-state index in [1.807, 2.05) is 0 Å². The molecule has 14 N–H and O–H groups in total. The Bertz CT molecular complexity index is 2260. The van der Waals surface area contributed by atoms with Crippen LogP contribution in [0.25, 0.3) is 22.3 Å². The number of ether oxygens (including phenoxy) is 4. The lowest BCUT2D eigenvalue weighted by Gasteiger charge is -2.27. The van der Waals surface area contributed by atoms with E-state index >= 15 is 0 Å². The van der Waals surface area contributed by atoms with Crippen molar-refractivity contribution in [3.63, 3.8) is 0 Å². The van der Waals surface area contributed by atoms with Crippen LogP contribution in [0.1, 0.15) is 12.5 Å². The molecule has 0 aromatic carbocycles. The van der Waals surface area contributed by atoms with Crippen LogP contribution in [0.5, 0.6) is 0 Å². The number of rotatable bonds is 10. The minimum atomic E-state index is -5.77. The second-order valence-electron chi connectivity index (χ2n) is 12.1. The number of hydrogen-bond donors (Lipinski definition) is 12. The summed E-state index contributed by atoms with van der Waals surface area (Å²) in [6.07, 6.45) is 4.03. The van der Waals surface area contributed by atoms with E-state index in [9.17, 15) is 38.7 Å². The van der Waals surface area contributed by atoms with Gasteiger partial charge in [-0.3, -0.25) is 9.13 Å². The molecule has 4 aliphatic heterocycles. The third kappa shape index (κ3) is 10.2. The van der Waals surface area contributed by atoms with Crippen molar-refractivity contribution in [1.29, 1.82) is 0 Å². The lowest BCUT2D eigenvalue weighted by atomic mass is 10.0. The Morgan fingerprint density at radius 1 is 0.559 bits per heavy atom. The Labute approximate surface area is 326 Å². The Kier molecular flexibility index (Phi) is 12.8. The monoisotopic (exact) mass is 920 g/mol. The molecule has 0 spiro atoms. The molecule has 0 radical (unpaired) electrons. The van der Waals surface area contributed by atoms with Crippen LogP contribution in [0.4, 0.5) is 11.6 Å². The van der Waals surface area contributed by atoms with Crippen molar-refractivity contribution in [3.05, 3.63) is 50.0 Å².